The van der Waals surface area contributed by atoms with E-state index < -0.39 is 11.9 Å². The molecule has 0 bridgehead atoms. The lowest BCUT2D eigenvalue weighted by atomic mass is 9.93. The first-order valence-corrected chi connectivity index (χ1v) is 10.6. The van der Waals surface area contributed by atoms with Crippen LogP contribution in [0.25, 0.3) is 6.08 Å². The standard InChI is InChI=1S/C12H14O4.C12H15OP/c1-3-15-11(13)9-7-5-6-8-10(9)12(14)16-4-2;1-3-10-6-4-5-7-11(10)12(8-14)9(2)13/h5-8H,3-4H2,1-2H3;3-7,12H,1,8,14H2,2H3. The Hall–Kier alpha value is -2.78. The van der Waals surface area contributed by atoms with Crippen molar-refractivity contribution in [3.05, 3.63) is 77.4 Å². The van der Waals surface area contributed by atoms with E-state index in [2.05, 4.69) is 15.8 Å². The number of esters is 2. The fraction of sp³-hybridized carbons (Fsp3) is 0.292. The van der Waals surface area contributed by atoms with Gasteiger partial charge in [0.05, 0.1) is 24.3 Å². The second-order valence-electron chi connectivity index (χ2n) is 6.22. The van der Waals surface area contributed by atoms with Gasteiger partial charge in [-0.25, -0.2) is 9.59 Å². The molecule has 0 amide bonds. The van der Waals surface area contributed by atoms with E-state index in [4.69, 9.17) is 9.47 Å². The summed E-state index contributed by atoms with van der Waals surface area (Å²) < 4.78 is 9.70. The molecule has 6 heteroatoms. The summed E-state index contributed by atoms with van der Waals surface area (Å²) in [5.74, 6) is -0.833. The highest BCUT2D eigenvalue weighted by molar-refractivity contribution is 7.16. The quantitative estimate of drug-likeness (QED) is 0.441. The van der Waals surface area contributed by atoms with Gasteiger partial charge in [-0.2, -0.15) is 0 Å². The lowest BCUT2D eigenvalue weighted by Gasteiger charge is -2.14. The number of ether oxygens (including phenoxy) is 2. The molecular weight excluding hydrogens is 399 g/mol. The Labute approximate surface area is 180 Å². The summed E-state index contributed by atoms with van der Waals surface area (Å²) in [6.45, 7) is 9.36. The fourth-order valence-electron chi connectivity index (χ4n) is 2.78. The van der Waals surface area contributed by atoms with E-state index in [0.717, 1.165) is 17.3 Å². The van der Waals surface area contributed by atoms with Crippen molar-refractivity contribution < 1.29 is 23.9 Å². The summed E-state index contributed by atoms with van der Waals surface area (Å²) in [6.07, 6.45) is 2.56. The minimum Gasteiger partial charge on any atom is -0.462 e. The molecule has 2 aromatic rings. The van der Waals surface area contributed by atoms with E-state index in [1.807, 2.05) is 24.3 Å². The minimum atomic E-state index is -0.508. The van der Waals surface area contributed by atoms with Crippen LogP contribution in [0.3, 0.4) is 0 Å². The second kappa shape index (κ2) is 13.4. The zero-order chi connectivity index (χ0) is 22.5. The Bertz CT molecular complexity index is 838. The molecule has 2 rings (SSSR count). The number of carbonyl (C=O) groups is 3. The maximum Gasteiger partial charge on any atom is 0.338 e. The van der Waals surface area contributed by atoms with Crippen LogP contribution in [0, 0.1) is 0 Å². The van der Waals surface area contributed by atoms with Crippen LogP contribution in [-0.4, -0.2) is 37.1 Å². The highest BCUT2D eigenvalue weighted by Gasteiger charge is 2.18. The van der Waals surface area contributed by atoms with Gasteiger partial charge in [0.15, 0.2) is 0 Å². The fourth-order valence-corrected chi connectivity index (χ4v) is 3.37. The number of hydrogen-bond donors (Lipinski definition) is 0. The van der Waals surface area contributed by atoms with Crippen LogP contribution in [-0.2, 0) is 14.3 Å². The highest BCUT2D eigenvalue weighted by Crippen LogP contribution is 2.23. The Morgan fingerprint density at radius 1 is 0.933 bits per heavy atom. The van der Waals surface area contributed by atoms with Crippen molar-refractivity contribution in [2.75, 3.05) is 19.4 Å². The first-order chi connectivity index (χ1) is 14.4. The molecule has 2 unspecified atom stereocenters. The largest absolute Gasteiger partial charge is 0.462 e. The summed E-state index contributed by atoms with van der Waals surface area (Å²) in [4.78, 5) is 34.5. The predicted molar refractivity (Wildman–Crippen MR) is 123 cm³/mol. The smallest absolute Gasteiger partial charge is 0.338 e. The molecule has 0 heterocycles. The van der Waals surface area contributed by atoms with Gasteiger partial charge in [-0.15, -0.1) is 9.24 Å². The molecule has 30 heavy (non-hydrogen) atoms. The van der Waals surface area contributed by atoms with Crippen LogP contribution >= 0.6 is 9.24 Å². The van der Waals surface area contributed by atoms with E-state index in [1.165, 1.54) is 0 Å². The van der Waals surface area contributed by atoms with Gasteiger partial charge in [-0.05, 0) is 50.2 Å². The van der Waals surface area contributed by atoms with Gasteiger partial charge in [0, 0.05) is 5.92 Å². The lowest BCUT2D eigenvalue weighted by molar-refractivity contribution is -0.117. The third-order valence-corrected chi connectivity index (χ3v) is 4.71. The number of Topliss-reactive ketones (excluding diaryl/α,β-unsaturated/α-hetero) is 1. The minimum absolute atomic E-state index is 0.0193. The topological polar surface area (TPSA) is 69.7 Å². The van der Waals surface area contributed by atoms with Gasteiger partial charge in [-0.3, -0.25) is 4.79 Å². The van der Waals surface area contributed by atoms with Gasteiger partial charge < -0.3 is 9.47 Å². The van der Waals surface area contributed by atoms with Gasteiger partial charge in [-0.1, -0.05) is 49.1 Å². The molecule has 2 aromatic carbocycles. The van der Waals surface area contributed by atoms with Crippen LogP contribution in [0.1, 0.15) is 58.5 Å². The SMILES string of the molecule is C=Cc1ccccc1C(CP)C(C)=O.CCOC(=O)c1ccccc1C(=O)OCC. The Kier molecular flexibility index (Phi) is 11.3. The Morgan fingerprint density at radius 3 is 1.80 bits per heavy atom. The van der Waals surface area contributed by atoms with Crippen LogP contribution in [0.5, 0.6) is 0 Å². The Balaban J connectivity index is 0.000000303. The molecule has 0 spiro atoms. The first-order valence-electron chi connectivity index (χ1n) is 9.76. The monoisotopic (exact) mass is 428 g/mol. The molecule has 2 atom stereocenters. The number of rotatable bonds is 8. The average Bonchev–Trinajstić information content (AvgIpc) is 2.75. The van der Waals surface area contributed by atoms with Crippen LogP contribution in [0.4, 0.5) is 0 Å². The third-order valence-electron chi connectivity index (χ3n) is 4.24. The number of hydrogen-bond acceptors (Lipinski definition) is 5. The molecule has 5 nitrogen and oxygen atoms in total. The molecule has 0 saturated carbocycles. The van der Waals surface area contributed by atoms with Gasteiger partial charge >= 0.3 is 11.9 Å². The van der Waals surface area contributed by atoms with E-state index >= 15 is 0 Å². The van der Waals surface area contributed by atoms with Crippen molar-refractivity contribution in [1.82, 2.24) is 0 Å². The van der Waals surface area contributed by atoms with Crippen molar-refractivity contribution >= 4 is 33.0 Å². The van der Waals surface area contributed by atoms with E-state index in [-0.39, 0.29) is 36.0 Å². The van der Waals surface area contributed by atoms with Crippen molar-refractivity contribution in [3.8, 4) is 0 Å². The van der Waals surface area contributed by atoms with Crippen molar-refractivity contribution in [2.45, 2.75) is 26.7 Å². The molecule has 0 saturated heterocycles. The van der Waals surface area contributed by atoms with Gasteiger partial charge in [0.1, 0.15) is 5.78 Å². The summed E-state index contributed by atoms with van der Waals surface area (Å²) in [7, 11) is 2.62. The maximum atomic E-state index is 11.5. The zero-order valence-electron chi connectivity index (χ0n) is 17.7. The normalized spacial score (nSPS) is 10.8. The maximum absolute atomic E-state index is 11.5. The summed E-state index contributed by atoms with van der Waals surface area (Å²) in [5.41, 5.74) is 2.60. The molecule has 0 aliphatic carbocycles. The van der Waals surface area contributed by atoms with Crippen molar-refractivity contribution in [2.24, 2.45) is 0 Å². The first kappa shape index (κ1) is 25.3. The number of ketones is 1. The third kappa shape index (κ3) is 7.23. The van der Waals surface area contributed by atoms with Gasteiger partial charge in [0.2, 0.25) is 0 Å². The number of benzene rings is 2. The second-order valence-corrected chi connectivity index (χ2v) is 6.69. The molecule has 0 fully saturated rings. The zero-order valence-corrected chi connectivity index (χ0v) is 18.9. The van der Waals surface area contributed by atoms with Crippen LogP contribution in [0.2, 0.25) is 0 Å². The van der Waals surface area contributed by atoms with Crippen LogP contribution < -0.4 is 0 Å². The molecule has 160 valence electrons. The summed E-state index contributed by atoms with van der Waals surface area (Å²) in [6, 6.07) is 14.3. The van der Waals surface area contributed by atoms with Crippen molar-refractivity contribution in [1.29, 1.82) is 0 Å². The summed E-state index contributed by atoms with van der Waals surface area (Å²) in [5, 5.41) is 0. The van der Waals surface area contributed by atoms with E-state index in [1.54, 1.807) is 51.1 Å². The summed E-state index contributed by atoms with van der Waals surface area (Å²) >= 11 is 0. The lowest BCUT2D eigenvalue weighted by Crippen LogP contribution is -2.13. The van der Waals surface area contributed by atoms with Gasteiger partial charge in [0.25, 0.3) is 0 Å². The molecule has 0 aromatic heterocycles. The van der Waals surface area contributed by atoms with Crippen LogP contribution in [0.15, 0.2) is 55.1 Å². The predicted octanol–water partition coefficient (Wildman–Crippen LogP) is 4.92. The molecule has 0 N–H and O–H groups in total. The van der Waals surface area contributed by atoms with E-state index in [0.29, 0.717) is 0 Å². The highest BCUT2D eigenvalue weighted by atomic mass is 31.0. The molecule has 0 radical (unpaired) electrons. The molecular formula is C24H29O5P. The number of carbonyl (C=O) groups excluding carboxylic acids is 3. The Morgan fingerprint density at radius 2 is 1.40 bits per heavy atom. The molecule has 0 aliphatic heterocycles. The van der Waals surface area contributed by atoms with E-state index in [9.17, 15) is 14.4 Å². The van der Waals surface area contributed by atoms with Crippen molar-refractivity contribution in [3.63, 3.8) is 0 Å². The molecule has 0 aliphatic rings. The average molecular weight is 428 g/mol.